The highest BCUT2D eigenvalue weighted by atomic mass is 19.1. The largest absolute Gasteiger partial charge is 0.486 e. The van der Waals surface area contributed by atoms with Crippen LogP contribution >= 0.6 is 0 Å². The molecule has 5 aromatic rings. The van der Waals surface area contributed by atoms with Gasteiger partial charge in [-0.25, -0.2) is 14.1 Å². The quantitative estimate of drug-likeness (QED) is 0.382. The van der Waals surface area contributed by atoms with Gasteiger partial charge in [0.2, 0.25) is 5.95 Å². The molecule has 3 aromatic carbocycles. The highest BCUT2D eigenvalue weighted by molar-refractivity contribution is 6.01. The van der Waals surface area contributed by atoms with E-state index in [1.165, 1.54) is 23.1 Å². The van der Waals surface area contributed by atoms with Crippen molar-refractivity contribution in [3.63, 3.8) is 0 Å². The summed E-state index contributed by atoms with van der Waals surface area (Å²) in [5.74, 6) is 0.673. The molecule has 0 saturated carbocycles. The van der Waals surface area contributed by atoms with Crippen molar-refractivity contribution in [3.05, 3.63) is 108 Å². The molecule has 1 amide bonds. The molecule has 0 unspecified atom stereocenters. The summed E-state index contributed by atoms with van der Waals surface area (Å²) in [5.41, 5.74) is 0.736. The van der Waals surface area contributed by atoms with Crippen molar-refractivity contribution < 1.29 is 18.3 Å². The Morgan fingerprint density at radius 1 is 1.00 bits per heavy atom. The Kier molecular flexibility index (Phi) is 5.55. The van der Waals surface area contributed by atoms with Crippen LogP contribution in [0.5, 0.6) is 5.75 Å². The minimum Gasteiger partial charge on any atom is -0.486 e. The number of nitrogens with one attached hydrogen (secondary N) is 1. The number of rotatable bonds is 7. The maximum absolute atomic E-state index is 13.3. The molecule has 8 heteroatoms. The standard InChI is InChI=1S/C25H19FN4O3/c26-20-7-3-4-17(12-20)14-30-16-27-25(29-30)28-24(31)23-11-10-22(33-23)15-32-21-9-8-18-5-1-2-6-19(18)13-21/h1-13,16H,14-15H2,(H,28,29,31). The Morgan fingerprint density at radius 2 is 1.88 bits per heavy atom. The fourth-order valence-electron chi connectivity index (χ4n) is 3.40. The predicted molar refractivity (Wildman–Crippen MR) is 120 cm³/mol. The van der Waals surface area contributed by atoms with E-state index in [1.807, 2.05) is 42.5 Å². The third kappa shape index (κ3) is 4.90. The number of carbonyl (C=O) groups is 1. The Labute approximate surface area is 188 Å². The molecule has 0 radical (unpaired) electrons. The average molecular weight is 442 g/mol. The van der Waals surface area contributed by atoms with Gasteiger partial charge in [0.25, 0.3) is 5.91 Å². The van der Waals surface area contributed by atoms with Crippen molar-refractivity contribution in [2.24, 2.45) is 0 Å². The Hall–Kier alpha value is -4.46. The van der Waals surface area contributed by atoms with Gasteiger partial charge in [0.1, 0.15) is 30.3 Å². The molecule has 7 nitrogen and oxygen atoms in total. The van der Waals surface area contributed by atoms with Gasteiger partial charge in [-0.2, -0.15) is 0 Å². The molecule has 2 aromatic heterocycles. The molecule has 164 valence electrons. The van der Waals surface area contributed by atoms with Gasteiger partial charge in [-0.1, -0.05) is 42.5 Å². The van der Waals surface area contributed by atoms with E-state index in [4.69, 9.17) is 9.15 Å². The molecule has 0 spiro atoms. The number of hydrogen-bond donors (Lipinski definition) is 1. The first-order valence-corrected chi connectivity index (χ1v) is 10.3. The molecule has 0 bridgehead atoms. The highest BCUT2D eigenvalue weighted by Crippen LogP contribution is 2.22. The number of halogens is 1. The van der Waals surface area contributed by atoms with Gasteiger partial charge in [0, 0.05) is 0 Å². The van der Waals surface area contributed by atoms with Crippen LogP contribution in [0.3, 0.4) is 0 Å². The van der Waals surface area contributed by atoms with E-state index in [2.05, 4.69) is 15.4 Å². The molecule has 0 fully saturated rings. The third-order valence-electron chi connectivity index (χ3n) is 4.98. The van der Waals surface area contributed by atoms with Crippen molar-refractivity contribution >= 4 is 22.6 Å². The van der Waals surface area contributed by atoms with Crippen molar-refractivity contribution in [2.75, 3.05) is 5.32 Å². The van der Waals surface area contributed by atoms with E-state index >= 15 is 0 Å². The maximum Gasteiger partial charge on any atom is 0.293 e. The topological polar surface area (TPSA) is 82.2 Å². The van der Waals surface area contributed by atoms with E-state index in [9.17, 15) is 9.18 Å². The molecule has 0 aliphatic heterocycles. The van der Waals surface area contributed by atoms with Crippen LogP contribution in [0.4, 0.5) is 10.3 Å². The van der Waals surface area contributed by atoms with Gasteiger partial charge in [-0.15, -0.1) is 5.10 Å². The summed E-state index contributed by atoms with van der Waals surface area (Å²) in [6, 6.07) is 23.3. The molecule has 0 aliphatic carbocycles. The lowest BCUT2D eigenvalue weighted by molar-refractivity contribution is 0.0991. The van der Waals surface area contributed by atoms with E-state index < -0.39 is 5.91 Å². The highest BCUT2D eigenvalue weighted by Gasteiger charge is 2.14. The molecule has 0 atom stereocenters. The second-order valence-corrected chi connectivity index (χ2v) is 7.41. The van der Waals surface area contributed by atoms with Crippen molar-refractivity contribution in [2.45, 2.75) is 13.2 Å². The second kappa shape index (κ2) is 8.96. The first kappa shape index (κ1) is 20.4. The number of benzene rings is 3. The number of ether oxygens (including phenoxy) is 1. The molecule has 0 saturated heterocycles. The normalized spacial score (nSPS) is 10.9. The summed E-state index contributed by atoms with van der Waals surface area (Å²) >= 11 is 0. The van der Waals surface area contributed by atoms with Crippen LogP contribution in [0.15, 0.2) is 89.6 Å². The Balaban J connectivity index is 1.18. The zero-order valence-electron chi connectivity index (χ0n) is 17.4. The molecule has 5 rings (SSSR count). The number of nitrogens with zero attached hydrogens (tertiary/aromatic N) is 3. The first-order valence-electron chi connectivity index (χ1n) is 10.3. The van der Waals surface area contributed by atoms with Gasteiger partial charge < -0.3 is 9.15 Å². The molecule has 33 heavy (non-hydrogen) atoms. The maximum atomic E-state index is 13.3. The molecule has 1 N–H and O–H groups in total. The van der Waals surface area contributed by atoms with E-state index in [-0.39, 0.29) is 24.1 Å². The number of aromatic nitrogens is 3. The average Bonchev–Trinajstić information content (AvgIpc) is 3.47. The van der Waals surface area contributed by atoms with E-state index in [1.54, 1.807) is 24.3 Å². The first-order chi connectivity index (χ1) is 16.1. The summed E-state index contributed by atoms with van der Waals surface area (Å²) < 4.78 is 26.2. The number of amides is 1. The summed E-state index contributed by atoms with van der Waals surface area (Å²) in [7, 11) is 0. The number of anilines is 1. The smallest absolute Gasteiger partial charge is 0.293 e. The second-order valence-electron chi connectivity index (χ2n) is 7.41. The molecule has 0 aliphatic rings. The number of carbonyl (C=O) groups excluding carboxylic acids is 1. The number of fused-ring (bicyclic) bond motifs is 1. The monoisotopic (exact) mass is 442 g/mol. The van der Waals surface area contributed by atoms with Crippen LogP contribution in [0.1, 0.15) is 21.9 Å². The fraction of sp³-hybridized carbons (Fsp3) is 0.0800. The summed E-state index contributed by atoms with van der Waals surface area (Å²) in [6.45, 7) is 0.518. The molecular formula is C25H19FN4O3. The lowest BCUT2D eigenvalue weighted by atomic mass is 10.1. The predicted octanol–water partition coefficient (Wildman–Crippen LogP) is 5.04. The van der Waals surface area contributed by atoms with Gasteiger partial charge in [0.05, 0.1) is 6.54 Å². The Morgan fingerprint density at radius 3 is 2.76 bits per heavy atom. The van der Waals surface area contributed by atoms with Crippen molar-refractivity contribution in [1.29, 1.82) is 0 Å². The van der Waals surface area contributed by atoms with Crippen LogP contribution in [0, 0.1) is 5.82 Å². The lowest BCUT2D eigenvalue weighted by Crippen LogP contribution is -2.12. The van der Waals surface area contributed by atoms with Crippen molar-refractivity contribution in [1.82, 2.24) is 14.8 Å². The molecule has 2 heterocycles. The van der Waals surface area contributed by atoms with E-state index in [0.29, 0.717) is 18.1 Å². The summed E-state index contributed by atoms with van der Waals surface area (Å²) in [5, 5.41) is 9.00. The van der Waals surface area contributed by atoms with Crippen LogP contribution in [-0.4, -0.2) is 20.7 Å². The fourth-order valence-corrected chi connectivity index (χ4v) is 3.40. The summed E-state index contributed by atoms with van der Waals surface area (Å²) in [4.78, 5) is 16.5. The van der Waals surface area contributed by atoms with Crippen LogP contribution in [0.2, 0.25) is 0 Å². The minimum atomic E-state index is -0.476. The Bertz CT molecular complexity index is 1430. The minimum absolute atomic E-state index is 0.119. The zero-order valence-corrected chi connectivity index (χ0v) is 17.4. The zero-order chi connectivity index (χ0) is 22.6. The van der Waals surface area contributed by atoms with Gasteiger partial charge in [-0.3, -0.25) is 10.1 Å². The number of furan rings is 1. The number of hydrogen-bond acceptors (Lipinski definition) is 5. The van der Waals surface area contributed by atoms with Crippen molar-refractivity contribution in [3.8, 4) is 5.75 Å². The van der Waals surface area contributed by atoms with E-state index in [0.717, 1.165) is 16.3 Å². The van der Waals surface area contributed by atoms with Gasteiger partial charge in [0.15, 0.2) is 5.76 Å². The SMILES string of the molecule is O=C(Nc1ncn(Cc2cccc(F)c2)n1)c1ccc(COc2ccc3ccccc3c2)o1. The summed E-state index contributed by atoms with van der Waals surface area (Å²) in [6.07, 6.45) is 1.46. The lowest BCUT2D eigenvalue weighted by Gasteiger charge is -2.05. The van der Waals surface area contributed by atoms with Crippen LogP contribution in [-0.2, 0) is 13.2 Å². The molecular weight excluding hydrogens is 423 g/mol. The van der Waals surface area contributed by atoms with Crippen LogP contribution < -0.4 is 10.1 Å². The van der Waals surface area contributed by atoms with Gasteiger partial charge >= 0.3 is 0 Å². The third-order valence-corrected chi connectivity index (χ3v) is 4.98. The van der Waals surface area contributed by atoms with Gasteiger partial charge in [-0.05, 0) is 52.7 Å². The van der Waals surface area contributed by atoms with Crippen LogP contribution in [0.25, 0.3) is 10.8 Å².